The molecule has 1 amide bonds. The molecule has 2 aromatic rings. The van der Waals surface area contributed by atoms with Crippen LogP contribution >= 0.6 is 23.2 Å². The minimum atomic E-state index is -0.523. The van der Waals surface area contributed by atoms with Crippen molar-refractivity contribution in [3.63, 3.8) is 0 Å². The van der Waals surface area contributed by atoms with Crippen LogP contribution in [0.1, 0.15) is 5.56 Å². The van der Waals surface area contributed by atoms with Crippen LogP contribution in [0, 0.1) is 19.6 Å². The van der Waals surface area contributed by atoms with E-state index in [0.29, 0.717) is 0 Å². The highest BCUT2D eigenvalue weighted by Crippen LogP contribution is 2.41. The van der Waals surface area contributed by atoms with Crippen LogP contribution in [0.5, 0.6) is 0 Å². The monoisotopic (exact) mass is 454 g/mol. The molecule has 30 heavy (non-hydrogen) atoms. The Morgan fingerprint density at radius 1 is 0.900 bits per heavy atom. The fraction of sp³-hybridized carbons (Fsp3) is 0.188. The second kappa shape index (κ2) is 10.9. The zero-order valence-electron chi connectivity index (χ0n) is 14.9. The number of nitroso groups, excluding NO2 is 3. The summed E-state index contributed by atoms with van der Waals surface area (Å²) in [4.78, 5) is 59.2. The van der Waals surface area contributed by atoms with E-state index in [2.05, 4.69) is 36.3 Å². The van der Waals surface area contributed by atoms with Gasteiger partial charge in [-0.05, 0) is 45.4 Å². The van der Waals surface area contributed by atoms with Gasteiger partial charge in [-0.1, -0.05) is 23.2 Å². The quantitative estimate of drug-likeness (QED) is 0.264. The first kappa shape index (κ1) is 22.8. The van der Waals surface area contributed by atoms with Crippen LogP contribution in [0.2, 0.25) is 10.0 Å². The molecule has 0 fully saturated rings. The first-order valence-electron chi connectivity index (χ1n) is 8.07. The Hall–Kier alpha value is -3.51. The van der Waals surface area contributed by atoms with Crippen LogP contribution < -0.4 is 10.6 Å². The lowest BCUT2D eigenvalue weighted by atomic mass is 10.1. The molecule has 0 saturated heterocycles. The van der Waals surface area contributed by atoms with Crippen LogP contribution in [-0.4, -0.2) is 19.1 Å². The van der Waals surface area contributed by atoms with Gasteiger partial charge in [0.2, 0.25) is 5.91 Å². The molecule has 2 aromatic carbocycles. The van der Waals surface area contributed by atoms with Gasteiger partial charge in [-0.3, -0.25) is 4.79 Å². The molecule has 0 saturated carbocycles. The van der Waals surface area contributed by atoms with E-state index in [4.69, 9.17) is 23.2 Å². The maximum absolute atomic E-state index is 12.2. The number of hydrogen-bond acceptors (Lipinski definition) is 11. The predicted molar refractivity (Wildman–Crippen MR) is 111 cm³/mol. The lowest BCUT2D eigenvalue weighted by Gasteiger charge is -2.16. The highest BCUT2D eigenvalue weighted by atomic mass is 35.5. The smallest absolute Gasteiger partial charge is 0.224 e. The first-order valence-corrected chi connectivity index (χ1v) is 8.83. The lowest BCUT2D eigenvalue weighted by molar-refractivity contribution is -0.120. The number of amides is 1. The van der Waals surface area contributed by atoms with Gasteiger partial charge in [-0.15, -0.1) is 19.6 Å². The molecule has 0 heterocycles. The molecule has 12 nitrogen and oxygen atoms in total. The Balaban J connectivity index is 2.41. The molecule has 14 heteroatoms. The Bertz CT molecular complexity index is 979. The third-order valence-electron chi connectivity index (χ3n) is 3.69. The Morgan fingerprint density at radius 3 is 2.10 bits per heavy atom. The number of rotatable bonds is 11. The lowest BCUT2D eigenvalue weighted by Crippen LogP contribution is -2.28. The fourth-order valence-electron chi connectivity index (χ4n) is 2.44. The number of carbonyl (C=O) groups excluding carboxylic acids is 1. The summed E-state index contributed by atoms with van der Waals surface area (Å²) in [6.45, 7) is -0.144. The van der Waals surface area contributed by atoms with Crippen LogP contribution in [0.3, 0.4) is 0 Å². The molecule has 0 spiro atoms. The third kappa shape index (κ3) is 5.75. The molecule has 0 aromatic heterocycles. The summed E-state index contributed by atoms with van der Waals surface area (Å²) in [6, 6.07) is 4.86. The van der Waals surface area contributed by atoms with E-state index in [9.17, 15) is 24.4 Å². The summed E-state index contributed by atoms with van der Waals surface area (Å²) in [6.07, 6.45) is -0.300. The van der Waals surface area contributed by atoms with E-state index in [1.807, 2.05) is 0 Å². The molecular weight excluding hydrogens is 443 g/mol. The van der Waals surface area contributed by atoms with Crippen LogP contribution in [0.15, 0.2) is 45.1 Å². The van der Waals surface area contributed by atoms with Gasteiger partial charge in [-0.2, -0.15) is 0 Å². The van der Waals surface area contributed by atoms with E-state index in [-0.39, 0.29) is 63.6 Å². The number of nitrogens with zero attached hydrogens (tertiary/aromatic N) is 4. The maximum atomic E-state index is 12.2. The van der Waals surface area contributed by atoms with Gasteiger partial charge in [-0.25, -0.2) is 0 Å². The van der Waals surface area contributed by atoms with E-state index in [0.717, 1.165) is 6.07 Å². The number of carbonyl (C=O) groups is 1. The van der Waals surface area contributed by atoms with E-state index < -0.39 is 5.91 Å². The van der Waals surface area contributed by atoms with Gasteiger partial charge < -0.3 is 15.5 Å². The van der Waals surface area contributed by atoms with Crippen LogP contribution in [-0.2, 0) is 16.1 Å². The van der Waals surface area contributed by atoms with Crippen molar-refractivity contribution in [1.82, 2.24) is 5.32 Å². The molecule has 0 aliphatic rings. The number of nitrogens with one attached hydrogen (secondary N) is 2. The summed E-state index contributed by atoms with van der Waals surface area (Å²) in [7, 11) is 0. The van der Waals surface area contributed by atoms with Gasteiger partial charge in [0.25, 0.3) is 0 Å². The maximum Gasteiger partial charge on any atom is 0.224 e. The normalized spacial score (nSPS) is 10.1. The zero-order chi connectivity index (χ0) is 22.1. The second-order valence-electron chi connectivity index (χ2n) is 5.62. The largest absolute Gasteiger partial charge is 0.362 e. The minimum absolute atomic E-state index is 0.00441. The van der Waals surface area contributed by atoms with Gasteiger partial charge in [0, 0.05) is 0 Å². The highest BCUT2D eigenvalue weighted by molar-refractivity contribution is 6.39. The molecule has 0 atom stereocenters. The molecule has 0 aliphatic heterocycles. The Kier molecular flexibility index (Phi) is 8.26. The van der Waals surface area contributed by atoms with Crippen molar-refractivity contribution in [2.75, 3.05) is 18.5 Å². The standard InChI is InChI=1S/C16H12Cl2N6O6/c17-11-5-10(22-27)6-12(18)16(11)20-15-8(3-9(21-26)7-13(15)23-28)4-14(25)19-1-2-30-24-29/h3,5-7,20H,1-2,4H2,(H,19,25). The van der Waals surface area contributed by atoms with E-state index in [1.165, 1.54) is 18.2 Å². The fourth-order valence-corrected chi connectivity index (χ4v) is 3.01. The van der Waals surface area contributed by atoms with Crippen molar-refractivity contribution in [2.45, 2.75) is 6.42 Å². The third-order valence-corrected chi connectivity index (χ3v) is 4.29. The van der Waals surface area contributed by atoms with Crippen molar-refractivity contribution < 1.29 is 9.63 Å². The average molecular weight is 455 g/mol. The molecule has 2 N–H and O–H groups in total. The second-order valence-corrected chi connectivity index (χ2v) is 6.43. The number of hydrogen-bond donors (Lipinski definition) is 2. The molecule has 0 radical (unpaired) electrons. The number of halogens is 2. The summed E-state index contributed by atoms with van der Waals surface area (Å²) in [5.74, 6) is -0.523. The summed E-state index contributed by atoms with van der Waals surface area (Å²) < 4.78 is 0. The van der Waals surface area contributed by atoms with Crippen LogP contribution in [0.25, 0.3) is 0 Å². The minimum Gasteiger partial charge on any atom is -0.362 e. The van der Waals surface area contributed by atoms with Crippen molar-refractivity contribution in [1.29, 1.82) is 0 Å². The SMILES string of the molecule is O=NOCCNC(=O)Cc1cc(N=O)cc(N=O)c1Nc1c(Cl)cc(N=O)cc1Cl. The average Bonchev–Trinajstić information content (AvgIpc) is 2.73. The number of anilines is 2. The Labute approximate surface area is 178 Å². The van der Waals surface area contributed by atoms with Crippen molar-refractivity contribution in [2.24, 2.45) is 20.9 Å². The molecule has 0 aliphatic carbocycles. The van der Waals surface area contributed by atoms with E-state index in [1.54, 1.807) is 0 Å². The molecule has 0 bridgehead atoms. The van der Waals surface area contributed by atoms with Crippen molar-refractivity contribution in [3.05, 3.63) is 59.5 Å². The summed E-state index contributed by atoms with van der Waals surface area (Å²) in [5.41, 5.74) is -0.0319. The first-order chi connectivity index (χ1) is 14.4. The predicted octanol–water partition coefficient (Wildman–Crippen LogP) is 5.29. The van der Waals surface area contributed by atoms with Gasteiger partial charge in [0.05, 0.1) is 34.4 Å². The highest BCUT2D eigenvalue weighted by Gasteiger charge is 2.18. The zero-order valence-corrected chi connectivity index (χ0v) is 16.4. The van der Waals surface area contributed by atoms with Crippen molar-refractivity contribution >= 4 is 57.5 Å². The Morgan fingerprint density at radius 2 is 1.53 bits per heavy atom. The van der Waals surface area contributed by atoms with E-state index >= 15 is 0 Å². The van der Waals surface area contributed by atoms with Gasteiger partial charge in [0.1, 0.15) is 23.7 Å². The summed E-state index contributed by atoms with van der Waals surface area (Å²) >= 11 is 12.2. The van der Waals surface area contributed by atoms with Crippen molar-refractivity contribution in [3.8, 4) is 0 Å². The van der Waals surface area contributed by atoms with Gasteiger partial charge in [0.15, 0.2) is 5.34 Å². The molecule has 156 valence electrons. The number of benzene rings is 2. The van der Waals surface area contributed by atoms with Gasteiger partial charge >= 0.3 is 0 Å². The molecule has 0 unspecified atom stereocenters. The molecular formula is C16H12Cl2N6O6. The van der Waals surface area contributed by atoms with Crippen LogP contribution in [0.4, 0.5) is 28.4 Å². The summed E-state index contributed by atoms with van der Waals surface area (Å²) in [5, 5.41) is 15.9. The molecule has 2 rings (SSSR count). The topological polar surface area (TPSA) is 168 Å².